The number of anilines is 2. The SMILES string of the molecule is Cc1cc([C@H](C(=O)N2C[C@H](O)C[C@H]2C(=O)NCc2ccc(-c3scnc3C)cc2OCCNC(=O)c2ccc3c(c2)C(=O)OC32c3ccc(N(C)C)cc3Oc3cc(N(C)C)ccc32)C(C)C)on1. The Morgan fingerprint density at radius 3 is 2.23 bits per heavy atom. The third kappa shape index (κ3) is 8.76. The summed E-state index contributed by atoms with van der Waals surface area (Å²) in [6, 6.07) is 23.1. The van der Waals surface area contributed by atoms with Crippen LogP contribution >= 0.6 is 11.3 Å². The summed E-state index contributed by atoms with van der Waals surface area (Å²) < 4.78 is 24.7. The molecule has 0 bridgehead atoms. The number of aryl methyl sites for hydroxylation is 2. The molecule has 0 unspecified atom stereocenters. The predicted molar refractivity (Wildman–Crippen MR) is 260 cm³/mol. The van der Waals surface area contributed by atoms with E-state index in [2.05, 4.69) is 20.8 Å². The molecule has 1 spiro atoms. The Kier molecular flexibility index (Phi) is 12.7. The molecule has 4 aromatic carbocycles. The van der Waals surface area contributed by atoms with Gasteiger partial charge >= 0.3 is 5.97 Å². The summed E-state index contributed by atoms with van der Waals surface area (Å²) in [6.07, 6.45) is -0.786. The van der Waals surface area contributed by atoms with Gasteiger partial charge in [-0.15, -0.1) is 11.3 Å². The van der Waals surface area contributed by atoms with E-state index in [-0.39, 0.29) is 55.6 Å². The molecule has 9 rings (SSSR count). The maximum atomic E-state index is 14.0. The highest BCUT2D eigenvalue weighted by molar-refractivity contribution is 7.13. The molecular formula is C52H55N7O9S. The predicted octanol–water partition coefficient (Wildman–Crippen LogP) is 6.94. The van der Waals surface area contributed by atoms with E-state index in [0.29, 0.717) is 51.0 Å². The first-order valence-corrected chi connectivity index (χ1v) is 23.7. The number of benzene rings is 4. The van der Waals surface area contributed by atoms with Crippen LogP contribution in [0.3, 0.4) is 0 Å². The number of fused-ring (bicyclic) bond motifs is 6. The van der Waals surface area contributed by atoms with Crippen molar-refractivity contribution in [3.63, 3.8) is 0 Å². The summed E-state index contributed by atoms with van der Waals surface area (Å²) in [5.74, 6) is -0.508. The molecule has 0 radical (unpaired) electrons. The molecule has 3 aliphatic rings. The minimum Gasteiger partial charge on any atom is -0.491 e. The van der Waals surface area contributed by atoms with Gasteiger partial charge in [0.25, 0.3) is 5.91 Å². The highest BCUT2D eigenvalue weighted by atomic mass is 32.1. The van der Waals surface area contributed by atoms with E-state index < -0.39 is 41.4 Å². The van der Waals surface area contributed by atoms with Crippen LogP contribution in [-0.2, 0) is 26.5 Å². The largest absolute Gasteiger partial charge is 0.491 e. The highest BCUT2D eigenvalue weighted by Crippen LogP contribution is 2.57. The van der Waals surface area contributed by atoms with E-state index in [1.165, 1.54) is 16.2 Å². The van der Waals surface area contributed by atoms with Crippen LogP contribution in [0.2, 0.25) is 0 Å². The number of ether oxygens (including phenoxy) is 3. The van der Waals surface area contributed by atoms with Crippen molar-refractivity contribution in [3.05, 3.63) is 135 Å². The van der Waals surface area contributed by atoms with Gasteiger partial charge in [-0.2, -0.15) is 0 Å². The second-order valence-corrected chi connectivity index (χ2v) is 19.3. The summed E-state index contributed by atoms with van der Waals surface area (Å²) in [5.41, 5.74) is 7.84. The number of carbonyl (C=O) groups excluding carboxylic acids is 4. The Balaban J connectivity index is 0.907. The van der Waals surface area contributed by atoms with Crippen LogP contribution < -0.4 is 29.9 Å². The third-order valence-electron chi connectivity index (χ3n) is 13.0. The average molecular weight is 954 g/mol. The number of likely N-dealkylation sites (tertiary alicyclic amines) is 1. The zero-order valence-electron chi connectivity index (χ0n) is 39.8. The van der Waals surface area contributed by atoms with Crippen LogP contribution in [0.25, 0.3) is 10.4 Å². The molecule has 69 heavy (non-hydrogen) atoms. The molecule has 0 saturated carbocycles. The van der Waals surface area contributed by atoms with Gasteiger partial charge < -0.3 is 49.2 Å². The molecule has 1 saturated heterocycles. The first-order valence-electron chi connectivity index (χ1n) is 22.9. The van der Waals surface area contributed by atoms with Gasteiger partial charge in [0, 0.05) is 105 Å². The number of nitrogens with zero attached hydrogens (tertiary/aromatic N) is 5. The molecule has 0 aliphatic carbocycles. The van der Waals surface area contributed by atoms with Gasteiger partial charge in [-0.05, 0) is 67.8 Å². The van der Waals surface area contributed by atoms with Gasteiger partial charge in [0.05, 0.1) is 40.0 Å². The van der Waals surface area contributed by atoms with Crippen LogP contribution in [0.15, 0.2) is 88.9 Å². The molecule has 3 amide bonds. The van der Waals surface area contributed by atoms with Gasteiger partial charge in [-0.25, -0.2) is 9.78 Å². The summed E-state index contributed by atoms with van der Waals surface area (Å²) in [4.78, 5) is 66.2. The molecule has 3 N–H and O–H groups in total. The summed E-state index contributed by atoms with van der Waals surface area (Å²) >= 11 is 1.49. The Hall–Kier alpha value is -7.24. The normalized spacial score (nSPS) is 16.8. The van der Waals surface area contributed by atoms with E-state index in [9.17, 15) is 24.3 Å². The number of hydrogen-bond acceptors (Lipinski definition) is 14. The van der Waals surface area contributed by atoms with Crippen molar-refractivity contribution in [1.82, 2.24) is 25.7 Å². The Morgan fingerprint density at radius 1 is 0.913 bits per heavy atom. The molecule has 3 atom stereocenters. The minimum atomic E-state index is -1.30. The number of amides is 3. The number of hydrogen-bond donors (Lipinski definition) is 3. The fourth-order valence-electron chi connectivity index (χ4n) is 9.44. The molecule has 6 aromatic rings. The van der Waals surface area contributed by atoms with Crippen molar-refractivity contribution in [2.24, 2.45) is 5.92 Å². The van der Waals surface area contributed by atoms with E-state index in [4.69, 9.17) is 18.7 Å². The van der Waals surface area contributed by atoms with Crippen LogP contribution in [0.4, 0.5) is 11.4 Å². The average Bonchev–Trinajstić information content (AvgIpc) is 4.12. The van der Waals surface area contributed by atoms with E-state index in [1.807, 2.05) is 113 Å². The van der Waals surface area contributed by atoms with Crippen molar-refractivity contribution in [2.45, 2.75) is 64.3 Å². The van der Waals surface area contributed by atoms with Crippen molar-refractivity contribution in [2.75, 3.05) is 57.7 Å². The van der Waals surface area contributed by atoms with E-state index in [1.54, 1.807) is 36.7 Å². The van der Waals surface area contributed by atoms with Gasteiger partial charge in [-0.1, -0.05) is 37.2 Å². The Labute approximate surface area is 404 Å². The van der Waals surface area contributed by atoms with Crippen molar-refractivity contribution >= 4 is 46.4 Å². The molecule has 1 fully saturated rings. The summed E-state index contributed by atoms with van der Waals surface area (Å²) in [6.45, 7) is 7.76. The second kappa shape index (κ2) is 18.7. The summed E-state index contributed by atoms with van der Waals surface area (Å²) in [7, 11) is 7.78. The van der Waals surface area contributed by atoms with Crippen LogP contribution in [-0.4, -0.2) is 104 Å². The molecule has 5 heterocycles. The van der Waals surface area contributed by atoms with Crippen molar-refractivity contribution in [1.29, 1.82) is 0 Å². The number of aliphatic hydroxyl groups is 1. The van der Waals surface area contributed by atoms with Gasteiger partial charge in [-0.3, -0.25) is 14.4 Å². The number of nitrogens with one attached hydrogen (secondary N) is 2. The minimum absolute atomic E-state index is 0.0149. The second-order valence-electron chi connectivity index (χ2n) is 18.5. The molecule has 2 aromatic heterocycles. The fourth-order valence-corrected chi connectivity index (χ4v) is 10.2. The fraction of sp³-hybridized carbons (Fsp3) is 0.346. The monoisotopic (exact) mass is 953 g/mol. The standard InChI is InChI=1S/C52H55N7O9S/c1-28(2)46(45-19-29(3)56-68-45)50(63)59-26-36(60)24-41(59)49(62)54-25-33-10-9-31(47-30(4)55-27-69-47)21-42(33)65-18-17-53-48(61)32-11-14-38-37(20-32)51(64)67-52(38)39-15-12-34(57(5)6)22-43(39)66-44-23-35(58(7)8)13-16-40(44)52/h9-16,19-23,27-28,36,41,46,60H,17-18,24-26H2,1-8H3,(H,53,61)(H,54,62)/t36-,41+,46-/m1/s1. The number of aliphatic hydroxyl groups excluding tert-OH is 1. The lowest BCUT2D eigenvalue weighted by Crippen LogP contribution is -2.48. The van der Waals surface area contributed by atoms with Crippen LogP contribution in [0, 0.1) is 19.8 Å². The number of carbonyl (C=O) groups is 4. The topological polar surface area (TPSA) is 189 Å². The maximum Gasteiger partial charge on any atom is 0.340 e. The van der Waals surface area contributed by atoms with Gasteiger partial charge in [0.1, 0.15) is 41.6 Å². The Bertz CT molecular complexity index is 2920. The summed E-state index contributed by atoms with van der Waals surface area (Å²) in [5, 5.41) is 20.6. The molecule has 17 heteroatoms. The lowest BCUT2D eigenvalue weighted by molar-refractivity contribution is -0.141. The maximum absolute atomic E-state index is 14.0. The number of thiazole rings is 1. The third-order valence-corrected chi connectivity index (χ3v) is 14.0. The lowest BCUT2D eigenvalue weighted by Gasteiger charge is -2.37. The smallest absolute Gasteiger partial charge is 0.340 e. The molecule has 3 aliphatic heterocycles. The first-order chi connectivity index (χ1) is 33.0. The number of β-amino-alcohol motifs (C(OH)–C–C–N with tert-alkyl or cyclic N) is 1. The zero-order chi connectivity index (χ0) is 48.9. The number of esters is 1. The number of aromatic nitrogens is 2. The Morgan fingerprint density at radius 2 is 1.61 bits per heavy atom. The molecule has 16 nitrogen and oxygen atoms in total. The van der Waals surface area contributed by atoms with Crippen LogP contribution in [0.1, 0.15) is 86.3 Å². The van der Waals surface area contributed by atoms with Gasteiger partial charge in [0.2, 0.25) is 11.8 Å². The highest BCUT2D eigenvalue weighted by Gasteiger charge is 2.54. The zero-order valence-corrected chi connectivity index (χ0v) is 40.6. The molecular weight excluding hydrogens is 899 g/mol. The van der Waals surface area contributed by atoms with E-state index in [0.717, 1.165) is 27.5 Å². The lowest BCUT2D eigenvalue weighted by atomic mass is 9.77. The van der Waals surface area contributed by atoms with E-state index >= 15 is 0 Å². The number of rotatable bonds is 14. The van der Waals surface area contributed by atoms with Crippen molar-refractivity contribution < 1.29 is 43.0 Å². The quantitative estimate of drug-likeness (QED) is 0.0753. The molecule has 358 valence electrons. The van der Waals surface area contributed by atoms with Crippen LogP contribution in [0.5, 0.6) is 17.2 Å². The first kappa shape index (κ1) is 46.9. The van der Waals surface area contributed by atoms with Gasteiger partial charge in [0.15, 0.2) is 5.60 Å². The van der Waals surface area contributed by atoms with Crippen molar-refractivity contribution in [3.8, 4) is 27.7 Å².